The molecule has 0 saturated carbocycles. The van der Waals surface area contributed by atoms with Gasteiger partial charge in [-0.1, -0.05) is 18.2 Å². The molecule has 116 valence electrons. The van der Waals surface area contributed by atoms with Crippen molar-refractivity contribution in [3.8, 4) is 0 Å². The SMILES string of the molecule is CC(=O)N(CCCN(C)C)CC(=O)Nc1ccccc1C. The zero-order valence-corrected chi connectivity index (χ0v) is 13.3. The molecule has 5 nitrogen and oxygen atoms in total. The molecule has 0 spiro atoms. The van der Waals surface area contributed by atoms with Crippen LogP contribution in [0.25, 0.3) is 0 Å². The van der Waals surface area contributed by atoms with E-state index in [0.29, 0.717) is 6.54 Å². The van der Waals surface area contributed by atoms with Gasteiger partial charge >= 0.3 is 0 Å². The van der Waals surface area contributed by atoms with E-state index in [1.165, 1.54) is 6.92 Å². The van der Waals surface area contributed by atoms with Crippen molar-refractivity contribution in [1.29, 1.82) is 0 Å². The van der Waals surface area contributed by atoms with Gasteiger partial charge in [0.2, 0.25) is 11.8 Å². The molecule has 5 heteroatoms. The molecule has 0 aliphatic heterocycles. The maximum Gasteiger partial charge on any atom is 0.244 e. The maximum atomic E-state index is 12.1. The molecule has 0 unspecified atom stereocenters. The lowest BCUT2D eigenvalue weighted by Gasteiger charge is -2.21. The third-order valence-corrected chi connectivity index (χ3v) is 3.23. The molecule has 0 aliphatic carbocycles. The zero-order valence-electron chi connectivity index (χ0n) is 13.3. The summed E-state index contributed by atoms with van der Waals surface area (Å²) in [6, 6.07) is 7.60. The third kappa shape index (κ3) is 6.40. The first kappa shape index (κ1) is 17.2. The van der Waals surface area contributed by atoms with Crippen LogP contribution in [0.5, 0.6) is 0 Å². The standard InChI is InChI=1S/C16H25N3O2/c1-13-8-5-6-9-15(13)17-16(21)12-19(14(2)20)11-7-10-18(3)4/h5-6,8-9H,7,10-12H2,1-4H3,(H,17,21). The van der Waals surface area contributed by atoms with E-state index >= 15 is 0 Å². The Morgan fingerprint density at radius 1 is 1.14 bits per heavy atom. The van der Waals surface area contributed by atoms with Gasteiger partial charge in [-0.25, -0.2) is 0 Å². The summed E-state index contributed by atoms with van der Waals surface area (Å²) >= 11 is 0. The number of hydrogen-bond acceptors (Lipinski definition) is 3. The Hall–Kier alpha value is -1.88. The number of carbonyl (C=O) groups excluding carboxylic acids is 2. The molecule has 0 aliphatic rings. The Morgan fingerprint density at radius 3 is 2.38 bits per heavy atom. The number of benzene rings is 1. The molecule has 1 N–H and O–H groups in total. The summed E-state index contributed by atoms with van der Waals surface area (Å²) in [6.07, 6.45) is 0.851. The van der Waals surface area contributed by atoms with Crippen LogP contribution in [-0.2, 0) is 9.59 Å². The minimum Gasteiger partial charge on any atom is -0.334 e. The summed E-state index contributed by atoms with van der Waals surface area (Å²) in [6.45, 7) is 5.02. The average molecular weight is 291 g/mol. The van der Waals surface area contributed by atoms with E-state index in [4.69, 9.17) is 0 Å². The van der Waals surface area contributed by atoms with E-state index in [1.54, 1.807) is 4.90 Å². The van der Waals surface area contributed by atoms with Crippen LogP contribution < -0.4 is 5.32 Å². The predicted octanol–water partition coefficient (Wildman–Crippen LogP) is 1.73. The average Bonchev–Trinajstić information content (AvgIpc) is 2.39. The topological polar surface area (TPSA) is 52.7 Å². The van der Waals surface area contributed by atoms with Crippen LogP contribution in [0.3, 0.4) is 0 Å². The quantitative estimate of drug-likeness (QED) is 0.832. The smallest absolute Gasteiger partial charge is 0.244 e. The molecule has 0 atom stereocenters. The second kappa shape index (κ2) is 8.42. The number of carbonyl (C=O) groups is 2. The molecule has 0 fully saturated rings. The Kier molecular flexibility index (Phi) is 6.88. The molecular formula is C16H25N3O2. The number of nitrogens with one attached hydrogen (secondary N) is 1. The van der Waals surface area contributed by atoms with Gasteiger partial charge in [-0.15, -0.1) is 0 Å². The van der Waals surface area contributed by atoms with Crippen molar-refractivity contribution in [2.45, 2.75) is 20.3 Å². The molecule has 1 aromatic rings. The van der Waals surface area contributed by atoms with Gasteiger partial charge in [0.15, 0.2) is 0 Å². The third-order valence-electron chi connectivity index (χ3n) is 3.23. The second-order valence-corrected chi connectivity index (χ2v) is 5.46. The molecular weight excluding hydrogens is 266 g/mol. The normalized spacial score (nSPS) is 10.5. The molecule has 0 radical (unpaired) electrons. The van der Waals surface area contributed by atoms with Gasteiger partial charge in [0.05, 0.1) is 6.54 Å². The van der Waals surface area contributed by atoms with Crippen molar-refractivity contribution < 1.29 is 9.59 Å². The molecule has 0 aromatic heterocycles. The van der Waals surface area contributed by atoms with Crippen molar-refractivity contribution >= 4 is 17.5 Å². The van der Waals surface area contributed by atoms with Crippen LogP contribution in [0, 0.1) is 6.92 Å². The van der Waals surface area contributed by atoms with Gasteiger partial charge in [-0.05, 0) is 45.6 Å². The van der Waals surface area contributed by atoms with Crippen molar-refractivity contribution in [1.82, 2.24) is 9.80 Å². The van der Waals surface area contributed by atoms with Crippen LogP contribution in [0.1, 0.15) is 18.9 Å². The highest BCUT2D eigenvalue weighted by Gasteiger charge is 2.14. The van der Waals surface area contributed by atoms with Gasteiger partial charge in [0.25, 0.3) is 0 Å². The van der Waals surface area contributed by atoms with Gasteiger partial charge in [-0.3, -0.25) is 9.59 Å². The molecule has 0 heterocycles. The summed E-state index contributed by atoms with van der Waals surface area (Å²) in [4.78, 5) is 27.3. The number of anilines is 1. The first-order chi connectivity index (χ1) is 9.90. The van der Waals surface area contributed by atoms with E-state index in [0.717, 1.165) is 24.2 Å². The number of aryl methyl sites for hydroxylation is 1. The minimum absolute atomic E-state index is 0.0753. The van der Waals surface area contributed by atoms with E-state index in [1.807, 2.05) is 45.3 Å². The lowest BCUT2D eigenvalue weighted by molar-refractivity contribution is -0.132. The monoisotopic (exact) mass is 291 g/mol. The molecule has 21 heavy (non-hydrogen) atoms. The summed E-state index contributed by atoms with van der Waals surface area (Å²) in [5.41, 5.74) is 1.80. The highest BCUT2D eigenvalue weighted by atomic mass is 16.2. The lowest BCUT2D eigenvalue weighted by Crippen LogP contribution is -2.38. The number of rotatable bonds is 7. The Balaban J connectivity index is 2.53. The lowest BCUT2D eigenvalue weighted by atomic mass is 10.2. The fourth-order valence-corrected chi connectivity index (χ4v) is 2.00. The van der Waals surface area contributed by atoms with Crippen molar-refractivity contribution in [3.05, 3.63) is 29.8 Å². The fraction of sp³-hybridized carbons (Fsp3) is 0.500. The van der Waals surface area contributed by atoms with E-state index in [2.05, 4.69) is 10.2 Å². The van der Waals surface area contributed by atoms with Gasteiger partial charge < -0.3 is 15.1 Å². The van der Waals surface area contributed by atoms with Crippen LogP contribution >= 0.6 is 0 Å². The van der Waals surface area contributed by atoms with E-state index in [-0.39, 0.29) is 18.4 Å². The predicted molar refractivity (Wildman–Crippen MR) is 85.2 cm³/mol. The van der Waals surface area contributed by atoms with Gasteiger partial charge in [0, 0.05) is 19.2 Å². The van der Waals surface area contributed by atoms with Gasteiger partial charge in [-0.2, -0.15) is 0 Å². The zero-order chi connectivity index (χ0) is 15.8. The summed E-state index contributed by atoms with van der Waals surface area (Å²) in [5, 5.41) is 2.85. The molecule has 0 saturated heterocycles. The van der Waals surface area contributed by atoms with Crippen LogP contribution in [-0.4, -0.2) is 55.3 Å². The number of amides is 2. The van der Waals surface area contributed by atoms with Gasteiger partial charge in [0.1, 0.15) is 0 Å². The number of hydrogen-bond donors (Lipinski definition) is 1. The summed E-state index contributed by atoms with van der Waals surface area (Å²) < 4.78 is 0. The highest BCUT2D eigenvalue weighted by Crippen LogP contribution is 2.12. The summed E-state index contributed by atoms with van der Waals surface area (Å²) in [7, 11) is 3.98. The Morgan fingerprint density at radius 2 is 1.81 bits per heavy atom. The first-order valence-electron chi connectivity index (χ1n) is 7.16. The first-order valence-corrected chi connectivity index (χ1v) is 7.16. The van der Waals surface area contributed by atoms with Crippen molar-refractivity contribution in [2.24, 2.45) is 0 Å². The molecule has 1 rings (SSSR count). The van der Waals surface area contributed by atoms with Crippen LogP contribution in [0.2, 0.25) is 0 Å². The molecule has 2 amide bonds. The highest BCUT2D eigenvalue weighted by molar-refractivity contribution is 5.94. The number of nitrogens with zero attached hydrogens (tertiary/aromatic N) is 2. The van der Waals surface area contributed by atoms with Crippen molar-refractivity contribution in [3.63, 3.8) is 0 Å². The second-order valence-electron chi connectivity index (χ2n) is 5.46. The van der Waals surface area contributed by atoms with Crippen molar-refractivity contribution in [2.75, 3.05) is 39.0 Å². The van der Waals surface area contributed by atoms with Crippen LogP contribution in [0.4, 0.5) is 5.69 Å². The maximum absolute atomic E-state index is 12.1. The van der Waals surface area contributed by atoms with Crippen LogP contribution in [0.15, 0.2) is 24.3 Å². The fourth-order valence-electron chi connectivity index (χ4n) is 2.00. The Labute approximate surface area is 126 Å². The summed E-state index contributed by atoms with van der Waals surface area (Å²) in [5.74, 6) is -0.238. The number of para-hydroxylation sites is 1. The Bertz CT molecular complexity index is 486. The minimum atomic E-state index is -0.163. The molecule has 1 aromatic carbocycles. The van der Waals surface area contributed by atoms with E-state index in [9.17, 15) is 9.59 Å². The van der Waals surface area contributed by atoms with E-state index < -0.39 is 0 Å². The largest absolute Gasteiger partial charge is 0.334 e. The molecule has 0 bridgehead atoms.